The first kappa shape index (κ1) is 13.6. The van der Waals surface area contributed by atoms with Gasteiger partial charge in [0.1, 0.15) is 0 Å². The molecule has 4 nitrogen and oxygen atoms in total. The Kier molecular flexibility index (Phi) is 3.47. The molecule has 1 aliphatic heterocycles. The minimum Gasteiger partial charge on any atom is -0.481 e. The highest BCUT2D eigenvalue weighted by Crippen LogP contribution is 2.48. The molecule has 1 aromatic heterocycles. The van der Waals surface area contributed by atoms with Gasteiger partial charge in [-0.25, -0.2) is 0 Å². The molecule has 3 rings (SSSR count). The fraction of sp³-hybridized carbons (Fsp3) is 0.500. The molecule has 19 heavy (non-hydrogen) atoms. The molecule has 1 amide bonds. The second kappa shape index (κ2) is 4.86. The van der Waals surface area contributed by atoms with Crippen LogP contribution < -0.4 is 0 Å². The first-order valence-electron chi connectivity index (χ1n) is 5.97. The number of carbonyl (C=O) groups excluding carboxylic acids is 1. The second-order valence-corrected chi connectivity index (χ2v) is 8.15. The molecule has 7 heteroatoms. The van der Waals surface area contributed by atoms with E-state index >= 15 is 0 Å². The van der Waals surface area contributed by atoms with Gasteiger partial charge in [-0.3, -0.25) is 9.59 Å². The molecular formula is C12H11Br2NO3S. The van der Waals surface area contributed by atoms with Gasteiger partial charge in [0.2, 0.25) is 5.91 Å². The molecule has 102 valence electrons. The molecule has 1 N–H and O–H groups in total. The number of rotatable bonds is 3. The van der Waals surface area contributed by atoms with Gasteiger partial charge in [0, 0.05) is 21.8 Å². The van der Waals surface area contributed by atoms with Crippen LogP contribution in [-0.4, -0.2) is 27.9 Å². The second-order valence-electron chi connectivity index (χ2n) is 4.90. The van der Waals surface area contributed by atoms with Crippen molar-refractivity contribution < 1.29 is 14.7 Å². The number of carbonyl (C=O) groups is 2. The molecule has 2 atom stereocenters. The zero-order valence-electron chi connectivity index (χ0n) is 9.81. The molecule has 2 heterocycles. The van der Waals surface area contributed by atoms with Gasteiger partial charge < -0.3 is 10.0 Å². The van der Waals surface area contributed by atoms with Gasteiger partial charge in [0.05, 0.1) is 15.7 Å². The van der Waals surface area contributed by atoms with Crippen LogP contribution in [0, 0.1) is 5.92 Å². The average molecular weight is 409 g/mol. The summed E-state index contributed by atoms with van der Waals surface area (Å²) in [4.78, 5) is 26.2. The van der Waals surface area contributed by atoms with Crippen LogP contribution in [0.1, 0.15) is 30.2 Å². The topological polar surface area (TPSA) is 57.6 Å². The molecule has 1 aromatic rings. The van der Waals surface area contributed by atoms with Gasteiger partial charge in [-0.15, -0.1) is 11.3 Å². The Morgan fingerprint density at radius 3 is 2.58 bits per heavy atom. The molecule has 0 radical (unpaired) electrons. The molecular weight excluding hydrogens is 398 g/mol. The Balaban J connectivity index is 2.01. The number of likely N-dealkylation sites (tertiary alicyclic amines) is 1. The summed E-state index contributed by atoms with van der Waals surface area (Å²) in [7, 11) is 0. The van der Waals surface area contributed by atoms with Crippen LogP contribution in [0.15, 0.2) is 14.3 Å². The van der Waals surface area contributed by atoms with E-state index in [2.05, 4.69) is 31.9 Å². The van der Waals surface area contributed by atoms with Gasteiger partial charge >= 0.3 is 5.97 Å². The summed E-state index contributed by atoms with van der Waals surface area (Å²) in [6, 6.07) is 1.84. The third-order valence-corrected chi connectivity index (χ3v) is 6.90. The maximum atomic E-state index is 12.1. The van der Waals surface area contributed by atoms with E-state index in [0.29, 0.717) is 0 Å². The highest BCUT2D eigenvalue weighted by Gasteiger charge is 2.50. The van der Waals surface area contributed by atoms with E-state index in [1.165, 1.54) is 11.3 Å². The number of carboxylic acid groups (broad SMARTS) is 1. The first-order chi connectivity index (χ1) is 8.99. The Bertz CT molecular complexity index is 536. The predicted molar refractivity (Wildman–Crippen MR) is 78.1 cm³/mol. The number of amides is 1. The number of halogens is 2. The molecule has 1 aliphatic carbocycles. The molecule has 2 aliphatic rings. The summed E-state index contributed by atoms with van der Waals surface area (Å²) in [6.45, 7) is 0. The summed E-state index contributed by atoms with van der Waals surface area (Å²) in [5.41, 5.74) is 0. The third kappa shape index (κ3) is 2.36. The van der Waals surface area contributed by atoms with Gasteiger partial charge in [-0.05, 0) is 50.8 Å². The zero-order valence-corrected chi connectivity index (χ0v) is 13.8. The number of carboxylic acids is 1. The van der Waals surface area contributed by atoms with Crippen LogP contribution >= 0.6 is 43.2 Å². The maximum absolute atomic E-state index is 12.1. The summed E-state index contributed by atoms with van der Waals surface area (Å²) in [5.74, 6) is -1.55. The van der Waals surface area contributed by atoms with Crippen molar-refractivity contribution >= 4 is 55.1 Å². The lowest BCUT2D eigenvalue weighted by molar-refractivity contribution is -0.142. The van der Waals surface area contributed by atoms with Crippen LogP contribution in [0.25, 0.3) is 0 Å². The molecule has 0 aromatic carbocycles. The quantitative estimate of drug-likeness (QED) is 0.833. The number of aliphatic carboxylic acids is 1. The van der Waals surface area contributed by atoms with Gasteiger partial charge in [-0.2, -0.15) is 0 Å². The molecule has 2 fully saturated rings. The monoisotopic (exact) mass is 407 g/mol. The van der Waals surface area contributed by atoms with E-state index in [4.69, 9.17) is 0 Å². The van der Waals surface area contributed by atoms with Crippen molar-refractivity contribution in [3.63, 3.8) is 0 Å². The Hall–Kier alpha value is -0.400. The van der Waals surface area contributed by atoms with Gasteiger partial charge in [0.25, 0.3) is 0 Å². The van der Waals surface area contributed by atoms with Crippen molar-refractivity contribution in [1.82, 2.24) is 4.90 Å². The van der Waals surface area contributed by atoms with Crippen molar-refractivity contribution in [1.29, 1.82) is 0 Å². The Labute approximate surface area is 131 Å². The van der Waals surface area contributed by atoms with Crippen LogP contribution in [-0.2, 0) is 9.59 Å². The van der Waals surface area contributed by atoms with Crippen molar-refractivity contribution in [3.05, 3.63) is 19.2 Å². The number of hydrogen-bond acceptors (Lipinski definition) is 3. The number of nitrogens with zero attached hydrogens (tertiary/aromatic N) is 1. The van der Waals surface area contributed by atoms with Gasteiger partial charge in [-0.1, -0.05) is 0 Å². The summed E-state index contributed by atoms with van der Waals surface area (Å²) in [5, 5.41) is 9.36. The minimum absolute atomic E-state index is 0.0273. The van der Waals surface area contributed by atoms with Gasteiger partial charge in [0.15, 0.2) is 0 Å². The smallest absolute Gasteiger partial charge is 0.309 e. The fourth-order valence-corrected chi connectivity index (χ4v) is 4.86. The molecule has 1 saturated heterocycles. The summed E-state index contributed by atoms with van der Waals surface area (Å²) < 4.78 is 1.84. The SMILES string of the molecule is O=C(O)C1CC(=O)N(C2CC2)C1c1cc(Br)c(Br)s1. The van der Waals surface area contributed by atoms with E-state index in [1.54, 1.807) is 4.90 Å². The van der Waals surface area contributed by atoms with Crippen molar-refractivity contribution in [2.75, 3.05) is 0 Å². The van der Waals surface area contributed by atoms with E-state index < -0.39 is 11.9 Å². The fourth-order valence-electron chi connectivity index (χ4n) is 2.60. The lowest BCUT2D eigenvalue weighted by atomic mass is 9.99. The first-order valence-corrected chi connectivity index (χ1v) is 8.38. The standard InChI is InChI=1S/C12H11Br2NO3S/c13-7-4-8(19-11(7)14)10-6(12(17)18)3-9(16)15(10)5-1-2-5/h4-6,10H,1-3H2,(H,17,18). The van der Waals surface area contributed by atoms with Crippen LogP contribution in [0.3, 0.4) is 0 Å². The highest BCUT2D eigenvalue weighted by atomic mass is 79.9. The van der Waals surface area contributed by atoms with E-state index in [1.807, 2.05) is 6.07 Å². The lowest BCUT2D eigenvalue weighted by Crippen LogP contribution is -2.31. The molecule has 0 bridgehead atoms. The van der Waals surface area contributed by atoms with E-state index in [-0.39, 0.29) is 24.4 Å². The zero-order chi connectivity index (χ0) is 13.7. The van der Waals surface area contributed by atoms with Crippen molar-refractivity contribution in [2.24, 2.45) is 5.92 Å². The Morgan fingerprint density at radius 2 is 2.11 bits per heavy atom. The predicted octanol–water partition coefficient (Wildman–Crippen LogP) is 3.41. The maximum Gasteiger partial charge on any atom is 0.309 e. The minimum atomic E-state index is -0.887. The van der Waals surface area contributed by atoms with Crippen molar-refractivity contribution in [2.45, 2.75) is 31.3 Å². The number of hydrogen-bond donors (Lipinski definition) is 1. The summed E-state index contributed by atoms with van der Waals surface area (Å²) in [6.07, 6.45) is 2.09. The molecule has 0 spiro atoms. The third-order valence-electron chi connectivity index (χ3n) is 3.58. The van der Waals surface area contributed by atoms with Crippen LogP contribution in [0.4, 0.5) is 0 Å². The van der Waals surface area contributed by atoms with E-state index in [9.17, 15) is 14.7 Å². The largest absolute Gasteiger partial charge is 0.481 e. The molecule has 1 saturated carbocycles. The normalized spacial score (nSPS) is 27.1. The van der Waals surface area contributed by atoms with Crippen molar-refractivity contribution in [3.8, 4) is 0 Å². The number of thiophene rings is 1. The highest BCUT2D eigenvalue weighted by molar-refractivity contribution is 9.13. The van der Waals surface area contributed by atoms with Crippen LogP contribution in [0.5, 0.6) is 0 Å². The van der Waals surface area contributed by atoms with E-state index in [0.717, 1.165) is 26.0 Å². The average Bonchev–Trinajstić information content (AvgIpc) is 3.03. The molecule has 2 unspecified atom stereocenters. The van der Waals surface area contributed by atoms with Crippen LogP contribution in [0.2, 0.25) is 0 Å². The Morgan fingerprint density at radius 1 is 1.42 bits per heavy atom. The lowest BCUT2D eigenvalue weighted by Gasteiger charge is -2.25. The summed E-state index contributed by atoms with van der Waals surface area (Å²) >= 11 is 8.35.